The Morgan fingerprint density at radius 1 is 0.897 bits per heavy atom. The van der Waals surface area contributed by atoms with Gasteiger partial charge in [-0.05, 0) is 84.7 Å². The van der Waals surface area contributed by atoms with E-state index in [1.807, 2.05) is 48.5 Å². The Balaban J connectivity index is 1.51. The molecule has 0 fully saturated rings. The van der Waals surface area contributed by atoms with Crippen molar-refractivity contribution in [3.63, 3.8) is 0 Å². The Hall–Kier alpha value is -2.41. The highest BCUT2D eigenvalue weighted by molar-refractivity contribution is 8.14. The van der Waals surface area contributed by atoms with Crippen LogP contribution in [0.25, 0.3) is 0 Å². The Morgan fingerprint density at radius 2 is 1.48 bits per heavy atom. The fraction of sp³-hybridized carbons (Fsp3) is 0.0909. The van der Waals surface area contributed by atoms with Gasteiger partial charge in [0, 0.05) is 28.1 Å². The topological polar surface area (TPSA) is 55.4 Å². The first-order valence-electron chi connectivity index (χ1n) is 8.72. The van der Waals surface area contributed by atoms with E-state index in [1.54, 1.807) is 24.3 Å². The molecular formula is C22H18ClNO3S2. The lowest BCUT2D eigenvalue weighted by atomic mass is 10.1. The third kappa shape index (κ3) is 6.85. The predicted molar refractivity (Wildman–Crippen MR) is 121 cm³/mol. The van der Waals surface area contributed by atoms with Gasteiger partial charge in [-0.2, -0.15) is 0 Å². The number of nitrogens with one attached hydrogen (secondary N) is 1. The maximum Gasteiger partial charge on any atom is 0.186 e. The molecule has 3 aromatic rings. The van der Waals surface area contributed by atoms with Crippen molar-refractivity contribution in [3.8, 4) is 11.5 Å². The molecule has 0 aromatic heterocycles. The van der Waals surface area contributed by atoms with Crippen molar-refractivity contribution < 1.29 is 14.3 Å². The van der Waals surface area contributed by atoms with Gasteiger partial charge in [0.1, 0.15) is 11.5 Å². The molecule has 0 aliphatic heterocycles. The molecule has 1 N–H and O–H groups in total. The molecule has 0 aliphatic carbocycles. The zero-order chi connectivity index (χ0) is 20.6. The summed E-state index contributed by atoms with van der Waals surface area (Å²) in [6.07, 6.45) is 0. The lowest BCUT2D eigenvalue weighted by Gasteiger charge is -2.08. The second-order valence-electron chi connectivity index (χ2n) is 6.01. The average molecular weight is 444 g/mol. The van der Waals surface area contributed by atoms with E-state index >= 15 is 0 Å². The summed E-state index contributed by atoms with van der Waals surface area (Å²) in [6.45, 7) is 1.46. The van der Waals surface area contributed by atoms with Crippen LogP contribution in [0.15, 0.2) is 77.7 Å². The van der Waals surface area contributed by atoms with Gasteiger partial charge >= 0.3 is 0 Å². The van der Waals surface area contributed by atoms with Crippen LogP contribution in [0.5, 0.6) is 11.5 Å². The second kappa shape index (κ2) is 10.4. The molecule has 0 bridgehead atoms. The van der Waals surface area contributed by atoms with E-state index in [4.69, 9.17) is 16.3 Å². The summed E-state index contributed by atoms with van der Waals surface area (Å²) in [5.74, 6) is 1.58. The fourth-order valence-corrected chi connectivity index (χ4v) is 3.58. The van der Waals surface area contributed by atoms with Gasteiger partial charge in [0.05, 0.1) is 5.75 Å². The van der Waals surface area contributed by atoms with Crippen LogP contribution in [0, 0.1) is 0 Å². The Morgan fingerprint density at radius 3 is 2.07 bits per heavy atom. The van der Waals surface area contributed by atoms with Crippen LogP contribution < -0.4 is 9.46 Å². The van der Waals surface area contributed by atoms with Crippen molar-refractivity contribution in [1.29, 1.82) is 0 Å². The van der Waals surface area contributed by atoms with Crippen LogP contribution in [-0.2, 0) is 4.79 Å². The molecule has 0 saturated heterocycles. The van der Waals surface area contributed by atoms with Crippen molar-refractivity contribution in [2.75, 3.05) is 10.5 Å². The molecular weight excluding hydrogens is 426 g/mol. The minimum absolute atomic E-state index is 0.0549. The van der Waals surface area contributed by atoms with E-state index in [0.29, 0.717) is 10.6 Å². The first kappa shape index (κ1) is 21.3. The summed E-state index contributed by atoms with van der Waals surface area (Å²) >= 11 is 8.36. The van der Waals surface area contributed by atoms with Gasteiger partial charge in [0.25, 0.3) is 0 Å². The molecule has 3 rings (SSSR count). The number of ether oxygens (including phenoxy) is 1. The largest absolute Gasteiger partial charge is 0.457 e. The number of halogens is 1. The Kier molecular flexibility index (Phi) is 7.63. The zero-order valence-corrected chi connectivity index (χ0v) is 17.9. The molecule has 0 saturated carbocycles. The number of hydrogen-bond donors (Lipinski definition) is 1. The molecule has 0 unspecified atom stereocenters. The third-order valence-corrected chi connectivity index (χ3v) is 5.68. The lowest BCUT2D eigenvalue weighted by Crippen LogP contribution is -2.03. The molecule has 148 valence electrons. The highest BCUT2D eigenvalue weighted by atomic mass is 35.5. The molecule has 0 spiro atoms. The normalized spacial score (nSPS) is 10.4. The molecule has 29 heavy (non-hydrogen) atoms. The van der Waals surface area contributed by atoms with Crippen molar-refractivity contribution in [2.24, 2.45) is 0 Å². The summed E-state index contributed by atoms with van der Waals surface area (Å²) in [7, 11) is 0. The SMILES string of the molecule is CC(=O)SCC(=O)c1ccc(NSc2ccc(Oc3ccc(Cl)cc3)cc2)cc1. The number of anilines is 1. The standard InChI is InChI=1S/C22H18ClNO3S2/c1-15(25)28-14-22(26)16-2-6-18(7-3-16)24-29-21-12-10-20(11-13-21)27-19-8-4-17(23)5-9-19/h2-13,24H,14H2,1H3. The van der Waals surface area contributed by atoms with Gasteiger partial charge < -0.3 is 9.46 Å². The predicted octanol–water partition coefficient (Wildman–Crippen LogP) is 6.71. The minimum Gasteiger partial charge on any atom is -0.457 e. The molecule has 0 radical (unpaired) electrons. The van der Waals surface area contributed by atoms with Gasteiger partial charge in [-0.1, -0.05) is 23.4 Å². The summed E-state index contributed by atoms with van der Waals surface area (Å²) in [4.78, 5) is 24.0. The van der Waals surface area contributed by atoms with Crippen LogP contribution in [0.3, 0.4) is 0 Å². The Labute approximate surface area is 183 Å². The number of thioether (sulfide) groups is 1. The van der Waals surface area contributed by atoms with E-state index in [0.717, 1.165) is 33.8 Å². The fourth-order valence-electron chi connectivity index (χ4n) is 2.31. The van der Waals surface area contributed by atoms with Gasteiger partial charge in [0.2, 0.25) is 0 Å². The summed E-state index contributed by atoms with van der Waals surface area (Å²) in [5.41, 5.74) is 1.48. The van der Waals surface area contributed by atoms with E-state index in [-0.39, 0.29) is 16.7 Å². The van der Waals surface area contributed by atoms with E-state index in [2.05, 4.69) is 4.72 Å². The van der Waals surface area contributed by atoms with Crippen LogP contribution >= 0.6 is 35.3 Å². The maximum atomic E-state index is 12.0. The number of ketones is 1. The van der Waals surface area contributed by atoms with Gasteiger partial charge in [-0.25, -0.2) is 0 Å². The smallest absolute Gasteiger partial charge is 0.186 e. The van der Waals surface area contributed by atoms with Crippen molar-refractivity contribution in [3.05, 3.63) is 83.4 Å². The molecule has 4 nitrogen and oxygen atoms in total. The van der Waals surface area contributed by atoms with Crippen molar-refractivity contribution in [2.45, 2.75) is 11.8 Å². The first-order chi connectivity index (χ1) is 14.0. The van der Waals surface area contributed by atoms with Crippen LogP contribution in [0.2, 0.25) is 5.02 Å². The lowest BCUT2D eigenvalue weighted by molar-refractivity contribution is -0.109. The highest BCUT2D eigenvalue weighted by Crippen LogP contribution is 2.27. The van der Waals surface area contributed by atoms with E-state index in [9.17, 15) is 9.59 Å². The summed E-state index contributed by atoms with van der Waals surface area (Å²) in [6, 6.07) is 22.1. The van der Waals surface area contributed by atoms with E-state index < -0.39 is 0 Å². The number of carbonyl (C=O) groups is 2. The van der Waals surface area contributed by atoms with Crippen LogP contribution in [-0.4, -0.2) is 16.7 Å². The average Bonchev–Trinajstić information content (AvgIpc) is 2.73. The summed E-state index contributed by atoms with van der Waals surface area (Å²) in [5, 5.41) is 0.611. The van der Waals surface area contributed by atoms with Crippen molar-refractivity contribution >= 4 is 51.9 Å². The monoisotopic (exact) mass is 443 g/mol. The number of rotatable bonds is 8. The van der Waals surface area contributed by atoms with Gasteiger partial charge in [-0.3, -0.25) is 9.59 Å². The minimum atomic E-state index is -0.0578. The quantitative estimate of drug-likeness (QED) is 0.308. The molecule has 0 atom stereocenters. The highest BCUT2D eigenvalue weighted by Gasteiger charge is 2.07. The first-order valence-corrected chi connectivity index (χ1v) is 10.9. The van der Waals surface area contributed by atoms with Crippen molar-refractivity contribution in [1.82, 2.24) is 0 Å². The zero-order valence-electron chi connectivity index (χ0n) is 15.6. The second-order valence-corrected chi connectivity index (χ2v) is 8.48. The summed E-state index contributed by atoms with van der Waals surface area (Å²) < 4.78 is 9.02. The van der Waals surface area contributed by atoms with Gasteiger partial charge in [-0.15, -0.1) is 0 Å². The number of carbonyl (C=O) groups excluding carboxylic acids is 2. The van der Waals surface area contributed by atoms with Crippen LogP contribution in [0.1, 0.15) is 17.3 Å². The Bertz CT molecular complexity index is 974. The molecule has 0 amide bonds. The number of benzene rings is 3. The molecule has 7 heteroatoms. The maximum absolute atomic E-state index is 12.0. The molecule has 0 aliphatic rings. The number of hydrogen-bond acceptors (Lipinski definition) is 6. The molecule has 0 heterocycles. The van der Waals surface area contributed by atoms with Gasteiger partial charge in [0.15, 0.2) is 10.9 Å². The van der Waals surface area contributed by atoms with Crippen LogP contribution in [0.4, 0.5) is 5.69 Å². The number of Topliss-reactive ketones (excluding diaryl/α,β-unsaturated/α-hetero) is 1. The molecule has 3 aromatic carbocycles. The third-order valence-electron chi connectivity index (χ3n) is 3.77. The van der Waals surface area contributed by atoms with E-state index in [1.165, 1.54) is 18.9 Å².